The highest BCUT2D eigenvalue weighted by Crippen LogP contribution is 2.17. The Morgan fingerprint density at radius 3 is 2.65 bits per heavy atom. The highest BCUT2D eigenvalue weighted by molar-refractivity contribution is 5.93. The molecule has 0 bridgehead atoms. The first-order chi connectivity index (χ1) is 12.5. The van der Waals surface area contributed by atoms with Crippen molar-refractivity contribution >= 4 is 11.8 Å². The van der Waals surface area contributed by atoms with Crippen LogP contribution < -0.4 is 5.32 Å². The Bertz CT molecular complexity index is 827. The standard InChI is InChI=1S/C18H22FN5O2/c1-12-5-6-15(14(19)11-12)24-13(2)17(21-22-24)18(26)20-8-7-16(25)23-9-3-4-10-23/h5-6,11H,3-4,7-10H2,1-2H3,(H,20,26). The summed E-state index contributed by atoms with van der Waals surface area (Å²) in [5.41, 5.74) is 1.60. The molecule has 2 amide bonds. The van der Waals surface area contributed by atoms with Gasteiger partial charge in [-0.15, -0.1) is 5.10 Å². The molecule has 8 heteroatoms. The maximum Gasteiger partial charge on any atom is 0.273 e. The molecule has 0 aliphatic carbocycles. The second-order valence-electron chi connectivity index (χ2n) is 6.48. The van der Waals surface area contributed by atoms with Gasteiger partial charge in [-0.1, -0.05) is 11.3 Å². The average molecular weight is 359 g/mol. The predicted octanol–water partition coefficient (Wildman–Crippen LogP) is 1.77. The number of aryl methyl sites for hydroxylation is 1. The molecule has 0 saturated carbocycles. The molecule has 2 heterocycles. The molecule has 2 aromatic rings. The van der Waals surface area contributed by atoms with Crippen LogP contribution in [0.15, 0.2) is 18.2 Å². The fourth-order valence-electron chi connectivity index (χ4n) is 3.04. The van der Waals surface area contributed by atoms with E-state index >= 15 is 0 Å². The third kappa shape index (κ3) is 3.74. The summed E-state index contributed by atoms with van der Waals surface area (Å²) >= 11 is 0. The lowest BCUT2D eigenvalue weighted by atomic mass is 10.2. The summed E-state index contributed by atoms with van der Waals surface area (Å²) in [5.74, 6) is -0.804. The van der Waals surface area contributed by atoms with E-state index in [0.29, 0.717) is 5.69 Å². The maximum absolute atomic E-state index is 14.1. The second kappa shape index (κ2) is 7.63. The van der Waals surface area contributed by atoms with Crippen LogP contribution in [0.25, 0.3) is 5.69 Å². The zero-order chi connectivity index (χ0) is 18.7. The van der Waals surface area contributed by atoms with Gasteiger partial charge >= 0.3 is 0 Å². The quantitative estimate of drug-likeness (QED) is 0.882. The van der Waals surface area contributed by atoms with Crippen LogP contribution in [0, 0.1) is 19.7 Å². The highest BCUT2D eigenvalue weighted by Gasteiger charge is 2.20. The number of carbonyl (C=O) groups excluding carboxylic acids is 2. The minimum absolute atomic E-state index is 0.0462. The Balaban J connectivity index is 1.63. The molecular formula is C18H22FN5O2. The van der Waals surface area contributed by atoms with E-state index in [-0.39, 0.29) is 30.3 Å². The zero-order valence-electron chi connectivity index (χ0n) is 15.0. The monoisotopic (exact) mass is 359 g/mol. The molecule has 1 N–H and O–H groups in total. The normalized spacial score (nSPS) is 13.9. The van der Waals surface area contributed by atoms with Crippen molar-refractivity contribution < 1.29 is 14.0 Å². The van der Waals surface area contributed by atoms with Gasteiger partial charge in [-0.05, 0) is 44.4 Å². The summed E-state index contributed by atoms with van der Waals surface area (Å²) in [6.45, 7) is 5.27. The number of benzene rings is 1. The number of carbonyl (C=O) groups is 2. The Morgan fingerprint density at radius 2 is 1.96 bits per heavy atom. The topological polar surface area (TPSA) is 80.1 Å². The van der Waals surface area contributed by atoms with E-state index in [0.717, 1.165) is 31.5 Å². The third-order valence-corrected chi connectivity index (χ3v) is 4.52. The summed E-state index contributed by atoms with van der Waals surface area (Å²) in [4.78, 5) is 26.1. The van der Waals surface area contributed by atoms with Gasteiger partial charge in [0, 0.05) is 26.1 Å². The lowest BCUT2D eigenvalue weighted by Gasteiger charge is -2.15. The first-order valence-corrected chi connectivity index (χ1v) is 8.72. The van der Waals surface area contributed by atoms with E-state index in [1.54, 1.807) is 26.0 Å². The number of rotatable bonds is 5. The van der Waals surface area contributed by atoms with Crippen molar-refractivity contribution in [1.82, 2.24) is 25.2 Å². The van der Waals surface area contributed by atoms with Crippen molar-refractivity contribution in [1.29, 1.82) is 0 Å². The molecule has 1 aromatic carbocycles. The smallest absolute Gasteiger partial charge is 0.273 e. The minimum Gasteiger partial charge on any atom is -0.350 e. The van der Waals surface area contributed by atoms with Gasteiger partial charge in [0.05, 0.1) is 5.69 Å². The van der Waals surface area contributed by atoms with Gasteiger partial charge in [-0.2, -0.15) is 0 Å². The van der Waals surface area contributed by atoms with E-state index in [9.17, 15) is 14.0 Å². The van der Waals surface area contributed by atoms with Crippen molar-refractivity contribution in [2.45, 2.75) is 33.1 Å². The average Bonchev–Trinajstić information content (AvgIpc) is 3.25. The number of nitrogens with one attached hydrogen (secondary N) is 1. The Morgan fingerprint density at radius 1 is 1.23 bits per heavy atom. The van der Waals surface area contributed by atoms with E-state index < -0.39 is 11.7 Å². The van der Waals surface area contributed by atoms with Crippen LogP contribution in [0.2, 0.25) is 0 Å². The minimum atomic E-state index is -0.429. The van der Waals surface area contributed by atoms with E-state index in [1.165, 1.54) is 10.7 Å². The molecule has 3 rings (SSSR count). The molecule has 1 fully saturated rings. The summed E-state index contributed by atoms with van der Waals surface area (Å²) in [6.07, 6.45) is 2.33. The zero-order valence-corrected chi connectivity index (χ0v) is 15.0. The lowest BCUT2D eigenvalue weighted by molar-refractivity contribution is -0.129. The molecule has 0 atom stereocenters. The molecule has 0 unspecified atom stereocenters. The Labute approximate surface area is 151 Å². The van der Waals surface area contributed by atoms with Crippen molar-refractivity contribution in [2.75, 3.05) is 19.6 Å². The van der Waals surface area contributed by atoms with E-state index in [2.05, 4.69) is 15.6 Å². The number of likely N-dealkylation sites (tertiary alicyclic amines) is 1. The predicted molar refractivity (Wildman–Crippen MR) is 93.6 cm³/mol. The van der Waals surface area contributed by atoms with Gasteiger partial charge in [-0.25, -0.2) is 9.07 Å². The van der Waals surface area contributed by atoms with Crippen molar-refractivity contribution in [3.63, 3.8) is 0 Å². The number of aromatic nitrogens is 3. The fraction of sp³-hybridized carbons (Fsp3) is 0.444. The fourth-order valence-corrected chi connectivity index (χ4v) is 3.04. The van der Waals surface area contributed by atoms with Crippen LogP contribution >= 0.6 is 0 Å². The Kier molecular flexibility index (Phi) is 5.29. The van der Waals surface area contributed by atoms with Crippen LogP contribution in [0.3, 0.4) is 0 Å². The van der Waals surface area contributed by atoms with Crippen molar-refractivity contribution in [3.8, 4) is 5.69 Å². The largest absolute Gasteiger partial charge is 0.350 e. The van der Waals surface area contributed by atoms with Gasteiger partial charge in [-0.3, -0.25) is 9.59 Å². The van der Waals surface area contributed by atoms with E-state index in [4.69, 9.17) is 0 Å². The van der Waals surface area contributed by atoms with Crippen LogP contribution in [0.4, 0.5) is 4.39 Å². The van der Waals surface area contributed by atoms with E-state index in [1.807, 2.05) is 4.90 Å². The molecule has 1 aromatic heterocycles. The van der Waals surface area contributed by atoms with Gasteiger partial charge in [0.1, 0.15) is 11.5 Å². The van der Waals surface area contributed by atoms with Crippen LogP contribution in [-0.4, -0.2) is 51.3 Å². The first kappa shape index (κ1) is 18.0. The van der Waals surface area contributed by atoms with Crippen LogP contribution in [0.1, 0.15) is 41.0 Å². The molecule has 1 aliphatic heterocycles. The Hall–Kier alpha value is -2.77. The number of halogens is 1. The van der Waals surface area contributed by atoms with Gasteiger partial charge in [0.25, 0.3) is 5.91 Å². The van der Waals surface area contributed by atoms with Crippen molar-refractivity contribution in [2.24, 2.45) is 0 Å². The number of nitrogens with zero attached hydrogens (tertiary/aromatic N) is 4. The molecule has 138 valence electrons. The van der Waals surface area contributed by atoms with Crippen LogP contribution in [-0.2, 0) is 4.79 Å². The maximum atomic E-state index is 14.1. The third-order valence-electron chi connectivity index (χ3n) is 4.52. The number of hydrogen-bond acceptors (Lipinski definition) is 4. The molecule has 1 saturated heterocycles. The summed E-state index contributed by atoms with van der Waals surface area (Å²) in [7, 11) is 0. The highest BCUT2D eigenvalue weighted by atomic mass is 19.1. The number of hydrogen-bond donors (Lipinski definition) is 1. The second-order valence-corrected chi connectivity index (χ2v) is 6.48. The molecule has 1 aliphatic rings. The molecule has 0 spiro atoms. The molecular weight excluding hydrogens is 337 g/mol. The summed E-state index contributed by atoms with van der Waals surface area (Å²) < 4.78 is 15.4. The first-order valence-electron chi connectivity index (χ1n) is 8.72. The van der Waals surface area contributed by atoms with Gasteiger partial charge in [0.15, 0.2) is 5.69 Å². The molecule has 26 heavy (non-hydrogen) atoms. The number of amides is 2. The molecule has 0 radical (unpaired) electrons. The lowest BCUT2D eigenvalue weighted by Crippen LogP contribution is -2.33. The molecule has 7 nitrogen and oxygen atoms in total. The van der Waals surface area contributed by atoms with Gasteiger partial charge in [0.2, 0.25) is 5.91 Å². The summed E-state index contributed by atoms with van der Waals surface area (Å²) in [5, 5.41) is 10.5. The van der Waals surface area contributed by atoms with Gasteiger partial charge < -0.3 is 10.2 Å². The summed E-state index contributed by atoms with van der Waals surface area (Å²) in [6, 6.07) is 4.77. The SMILES string of the molecule is Cc1ccc(-n2nnc(C(=O)NCCC(=O)N3CCCC3)c2C)c(F)c1. The van der Waals surface area contributed by atoms with Crippen molar-refractivity contribution in [3.05, 3.63) is 41.0 Å². The van der Waals surface area contributed by atoms with Crippen LogP contribution in [0.5, 0.6) is 0 Å².